The van der Waals surface area contributed by atoms with Crippen molar-refractivity contribution in [2.24, 2.45) is 5.92 Å². The highest BCUT2D eigenvalue weighted by atomic mass is 32.2. The zero-order valence-corrected chi connectivity index (χ0v) is 27.0. The Morgan fingerprint density at radius 1 is 1.05 bits per heavy atom. The first kappa shape index (κ1) is 33.5. The highest BCUT2D eigenvalue weighted by Gasteiger charge is 2.24. The monoisotopic (exact) mass is 599 g/mol. The molecule has 1 N–H and O–H groups in total. The summed E-state index contributed by atoms with van der Waals surface area (Å²) in [6, 6.07) is 13.4. The maximum Gasteiger partial charge on any atom is 0.328 e. The summed E-state index contributed by atoms with van der Waals surface area (Å²) in [5.41, 5.74) is 4.56. The van der Waals surface area contributed by atoms with Gasteiger partial charge in [0.25, 0.3) is 5.91 Å². The Hall–Kier alpha value is -1.96. The molecule has 5 nitrogen and oxygen atoms in total. The molecule has 41 heavy (non-hydrogen) atoms. The molecule has 0 radical (unpaired) electrons. The number of amides is 1. The highest BCUT2D eigenvalue weighted by Crippen LogP contribution is 2.31. The third kappa shape index (κ3) is 11.0. The highest BCUT2D eigenvalue weighted by molar-refractivity contribution is 7.99. The molecule has 2 aromatic carbocycles. The Kier molecular flexibility index (Phi) is 15.2. The van der Waals surface area contributed by atoms with Gasteiger partial charge in [-0.3, -0.25) is 4.79 Å². The molecule has 1 aliphatic carbocycles. The van der Waals surface area contributed by atoms with Crippen LogP contribution in [0.1, 0.15) is 86.2 Å². The van der Waals surface area contributed by atoms with Gasteiger partial charge in [-0.15, -0.1) is 0 Å². The molecule has 226 valence electrons. The van der Waals surface area contributed by atoms with Gasteiger partial charge in [0.1, 0.15) is 6.04 Å². The van der Waals surface area contributed by atoms with Gasteiger partial charge in [-0.1, -0.05) is 75.8 Å². The van der Waals surface area contributed by atoms with Gasteiger partial charge in [0, 0.05) is 11.3 Å². The predicted octanol–water partition coefficient (Wildman–Crippen LogP) is 8.08. The molecule has 2 atom stereocenters. The molecule has 7 heteroatoms. The van der Waals surface area contributed by atoms with Crippen LogP contribution >= 0.6 is 23.5 Å². The van der Waals surface area contributed by atoms with Crippen LogP contribution in [0, 0.1) is 12.8 Å². The molecular formula is C34H49NO4S2. The molecule has 0 aliphatic heterocycles. The fraction of sp³-hybridized carbons (Fsp3) is 0.588. The summed E-state index contributed by atoms with van der Waals surface area (Å²) in [4.78, 5) is 25.9. The number of carbonyl (C=O) groups excluding carboxylic acids is 2. The number of esters is 1. The van der Waals surface area contributed by atoms with Crippen molar-refractivity contribution < 1.29 is 19.1 Å². The first-order valence-corrected chi connectivity index (χ1v) is 17.8. The van der Waals surface area contributed by atoms with E-state index in [1.54, 1.807) is 11.8 Å². The summed E-state index contributed by atoms with van der Waals surface area (Å²) in [6.07, 6.45) is 13.0. The van der Waals surface area contributed by atoms with Gasteiger partial charge in [-0.2, -0.15) is 23.5 Å². The van der Waals surface area contributed by atoms with Crippen LogP contribution in [0.2, 0.25) is 0 Å². The zero-order chi connectivity index (χ0) is 29.5. The predicted molar refractivity (Wildman–Crippen MR) is 175 cm³/mol. The number of rotatable bonds is 17. The second-order valence-electron chi connectivity index (χ2n) is 11.1. The molecule has 1 amide bonds. The number of benzene rings is 2. The zero-order valence-electron chi connectivity index (χ0n) is 25.4. The first-order valence-electron chi connectivity index (χ1n) is 15.2. The number of unbranched alkanes of at least 4 members (excludes halogenated alkanes) is 1. The lowest BCUT2D eigenvalue weighted by Gasteiger charge is -2.27. The van der Waals surface area contributed by atoms with E-state index in [2.05, 4.69) is 31.3 Å². The van der Waals surface area contributed by atoms with Crippen LogP contribution in [0.25, 0.3) is 11.1 Å². The van der Waals surface area contributed by atoms with Crippen molar-refractivity contribution in [1.82, 2.24) is 5.32 Å². The van der Waals surface area contributed by atoms with Gasteiger partial charge >= 0.3 is 5.97 Å². The largest absolute Gasteiger partial charge is 0.467 e. The summed E-state index contributed by atoms with van der Waals surface area (Å²) < 4.78 is 11.6. The maximum atomic E-state index is 13.6. The number of methoxy groups -OCH3 is 1. The minimum Gasteiger partial charge on any atom is -0.467 e. The third-order valence-electron chi connectivity index (χ3n) is 7.92. The molecule has 0 aromatic heterocycles. The Morgan fingerprint density at radius 2 is 1.83 bits per heavy atom. The molecule has 2 aromatic rings. The van der Waals surface area contributed by atoms with E-state index in [0.717, 1.165) is 46.1 Å². The van der Waals surface area contributed by atoms with Crippen molar-refractivity contribution in [2.45, 2.75) is 90.4 Å². The number of ether oxygens (including phenoxy) is 2. The summed E-state index contributed by atoms with van der Waals surface area (Å²) in [5, 5.41) is 2.94. The van der Waals surface area contributed by atoms with E-state index in [-0.39, 0.29) is 12.0 Å². The molecular weight excluding hydrogens is 551 g/mol. The summed E-state index contributed by atoms with van der Waals surface area (Å²) >= 11 is 3.65. The number of hydrogen-bond donors (Lipinski definition) is 1. The lowest BCUT2D eigenvalue weighted by molar-refractivity contribution is -0.142. The van der Waals surface area contributed by atoms with Crippen LogP contribution in [-0.4, -0.2) is 54.6 Å². The quantitative estimate of drug-likeness (QED) is 0.147. The molecule has 0 saturated heterocycles. The fourth-order valence-corrected chi connectivity index (χ4v) is 7.12. The number of hydrogen-bond acceptors (Lipinski definition) is 6. The van der Waals surface area contributed by atoms with E-state index in [1.165, 1.54) is 57.8 Å². The van der Waals surface area contributed by atoms with Gasteiger partial charge < -0.3 is 14.8 Å². The average molecular weight is 600 g/mol. The molecule has 3 rings (SSSR count). The van der Waals surface area contributed by atoms with Crippen LogP contribution in [0.4, 0.5) is 0 Å². The Balaban J connectivity index is 1.81. The van der Waals surface area contributed by atoms with Crippen molar-refractivity contribution in [3.8, 4) is 11.1 Å². The molecule has 2 unspecified atom stereocenters. The lowest BCUT2D eigenvalue weighted by Crippen LogP contribution is -2.42. The topological polar surface area (TPSA) is 64.6 Å². The SMILES string of the molecule is CCCCSCC(CC1CCCCC1)OCc1ccc(C(=O)NC(CCSC)C(=O)OC)c(-c2ccccc2C)c1. The molecule has 1 aliphatic rings. The fourth-order valence-electron chi connectivity index (χ4n) is 5.49. The molecule has 0 spiro atoms. The minimum absolute atomic E-state index is 0.238. The van der Waals surface area contributed by atoms with E-state index < -0.39 is 12.0 Å². The smallest absolute Gasteiger partial charge is 0.328 e. The normalized spacial score (nSPS) is 15.3. The van der Waals surface area contributed by atoms with Gasteiger partial charge in [0.05, 0.1) is 19.8 Å². The van der Waals surface area contributed by atoms with Crippen LogP contribution in [-0.2, 0) is 20.9 Å². The van der Waals surface area contributed by atoms with E-state index in [0.29, 0.717) is 18.6 Å². The molecule has 0 bridgehead atoms. The van der Waals surface area contributed by atoms with Crippen molar-refractivity contribution >= 4 is 35.4 Å². The maximum absolute atomic E-state index is 13.6. The number of carbonyl (C=O) groups is 2. The van der Waals surface area contributed by atoms with Crippen molar-refractivity contribution in [3.05, 3.63) is 59.2 Å². The minimum atomic E-state index is -0.682. The van der Waals surface area contributed by atoms with E-state index in [4.69, 9.17) is 9.47 Å². The van der Waals surface area contributed by atoms with Crippen molar-refractivity contribution in [1.29, 1.82) is 0 Å². The number of nitrogens with one attached hydrogen (secondary N) is 1. The van der Waals surface area contributed by atoms with E-state index in [9.17, 15) is 9.59 Å². The van der Waals surface area contributed by atoms with E-state index in [1.807, 2.05) is 48.3 Å². The summed E-state index contributed by atoms with van der Waals surface area (Å²) in [6.45, 7) is 4.82. The van der Waals surface area contributed by atoms with Crippen LogP contribution in [0.3, 0.4) is 0 Å². The van der Waals surface area contributed by atoms with Gasteiger partial charge in [-0.05, 0) is 84.3 Å². The Bertz CT molecular complexity index is 1090. The second kappa shape index (κ2) is 18.6. The van der Waals surface area contributed by atoms with Crippen LogP contribution < -0.4 is 5.32 Å². The Morgan fingerprint density at radius 3 is 2.54 bits per heavy atom. The Labute approximate surface area is 256 Å². The second-order valence-corrected chi connectivity index (χ2v) is 13.3. The van der Waals surface area contributed by atoms with Crippen LogP contribution in [0.15, 0.2) is 42.5 Å². The van der Waals surface area contributed by atoms with Gasteiger partial charge in [0.15, 0.2) is 0 Å². The molecule has 1 fully saturated rings. The summed E-state index contributed by atoms with van der Waals surface area (Å²) in [5.74, 6) is 3.05. The molecule has 1 saturated carbocycles. The third-order valence-corrected chi connectivity index (χ3v) is 9.75. The first-order chi connectivity index (χ1) is 20.0. The van der Waals surface area contributed by atoms with Crippen molar-refractivity contribution in [3.63, 3.8) is 0 Å². The number of thioether (sulfide) groups is 2. The standard InChI is InChI=1S/C34H49NO4S2/c1-5-6-19-41-24-28(21-26-13-8-7-9-14-26)39-23-27-16-17-30(31(22-27)29-15-11-10-12-25(29)2)33(36)35-32(18-20-40-4)34(37)38-3/h10-12,15-17,22,26,28,32H,5-9,13-14,18-21,23-24H2,1-4H3,(H,35,36). The number of aryl methyl sites for hydroxylation is 1. The van der Waals surface area contributed by atoms with Crippen LogP contribution in [0.5, 0.6) is 0 Å². The van der Waals surface area contributed by atoms with Gasteiger partial charge in [0.2, 0.25) is 0 Å². The lowest BCUT2D eigenvalue weighted by atomic mass is 9.85. The average Bonchev–Trinajstić information content (AvgIpc) is 3.00. The molecule has 0 heterocycles. The van der Waals surface area contributed by atoms with Gasteiger partial charge in [-0.25, -0.2) is 4.79 Å². The summed E-state index contributed by atoms with van der Waals surface area (Å²) in [7, 11) is 1.36. The van der Waals surface area contributed by atoms with Crippen molar-refractivity contribution in [2.75, 3.05) is 30.6 Å². The van der Waals surface area contributed by atoms with E-state index >= 15 is 0 Å².